The average molecular weight is 898 g/mol. The molecule has 10 aromatic carbocycles. The summed E-state index contributed by atoms with van der Waals surface area (Å²) in [6.45, 7) is 0. The number of hydrogen-bond acceptors (Lipinski definition) is 4. The fraction of sp³-hybridized carbons (Fsp3) is 0. The van der Waals surface area contributed by atoms with E-state index >= 15 is 0 Å². The minimum Gasteiger partial charge on any atom is -0.309 e. The average Bonchev–Trinajstić information content (AvgIpc) is 4.08. The molecule has 14 rings (SSSR count). The fourth-order valence-electron chi connectivity index (χ4n) is 10.3. The summed E-state index contributed by atoms with van der Waals surface area (Å²) in [6, 6.07) is 84.7. The van der Waals surface area contributed by atoms with Crippen molar-refractivity contribution in [3.63, 3.8) is 0 Å². The van der Waals surface area contributed by atoms with Crippen molar-refractivity contribution in [2.24, 2.45) is 0 Å². The predicted octanol–water partition coefficient (Wildman–Crippen LogP) is 16.8. The molecular formula is C63H39N5S. The summed E-state index contributed by atoms with van der Waals surface area (Å²) in [6.07, 6.45) is 0. The summed E-state index contributed by atoms with van der Waals surface area (Å²) in [5.74, 6) is 1.98. The molecule has 0 aliphatic heterocycles. The standard InChI is InChI=1S/C63H39N5S/c1-5-16-40(17-6-1)61-64-62(41-18-7-2-8-19-41)66-63(65-61)51-26-15-25-50-49-32-28-45(39-59(49)69-60(50)51)44-31-35-58-54(38-44)53-37-43(30-34-57(53)68(58)47-22-11-4-12-23-47)42-29-33-56-52(36-42)48-24-13-14-27-55(48)67(56)46-20-9-3-10-21-46/h1-39H. The van der Waals surface area contributed by atoms with Crippen molar-refractivity contribution >= 4 is 75.1 Å². The van der Waals surface area contributed by atoms with Gasteiger partial charge >= 0.3 is 0 Å². The van der Waals surface area contributed by atoms with Crippen molar-refractivity contribution < 1.29 is 0 Å². The third-order valence-corrected chi connectivity index (χ3v) is 14.8. The summed E-state index contributed by atoms with van der Waals surface area (Å²) in [5.41, 5.74) is 14.7. The van der Waals surface area contributed by atoms with E-state index in [1.165, 1.54) is 81.3 Å². The van der Waals surface area contributed by atoms with E-state index in [4.69, 9.17) is 15.0 Å². The van der Waals surface area contributed by atoms with Gasteiger partial charge < -0.3 is 9.13 Å². The van der Waals surface area contributed by atoms with Crippen molar-refractivity contribution in [2.75, 3.05) is 0 Å². The largest absolute Gasteiger partial charge is 0.309 e. The second-order valence-corrected chi connectivity index (χ2v) is 18.6. The Morgan fingerprint density at radius 1 is 0.275 bits per heavy atom. The minimum absolute atomic E-state index is 0.657. The molecule has 0 saturated heterocycles. The quantitative estimate of drug-likeness (QED) is 0.160. The van der Waals surface area contributed by atoms with Crippen LogP contribution in [0.4, 0.5) is 0 Å². The van der Waals surface area contributed by atoms with Crippen LogP contribution in [0, 0.1) is 0 Å². The van der Waals surface area contributed by atoms with Gasteiger partial charge in [0, 0.05) is 69.8 Å². The molecule has 0 amide bonds. The van der Waals surface area contributed by atoms with Gasteiger partial charge in [0.2, 0.25) is 0 Å². The zero-order valence-corrected chi connectivity index (χ0v) is 38.0. The maximum Gasteiger partial charge on any atom is 0.165 e. The van der Waals surface area contributed by atoms with Crippen LogP contribution in [0.15, 0.2) is 237 Å². The lowest BCUT2D eigenvalue weighted by Crippen LogP contribution is -2.00. The van der Waals surface area contributed by atoms with Crippen LogP contribution in [0.3, 0.4) is 0 Å². The number of benzene rings is 10. The molecule has 322 valence electrons. The third-order valence-electron chi connectivity index (χ3n) is 13.6. The molecule has 0 saturated carbocycles. The highest BCUT2D eigenvalue weighted by molar-refractivity contribution is 7.26. The van der Waals surface area contributed by atoms with Gasteiger partial charge in [-0.05, 0) is 101 Å². The van der Waals surface area contributed by atoms with Crippen molar-refractivity contribution in [1.82, 2.24) is 24.1 Å². The number of aromatic nitrogens is 5. The molecule has 6 heteroatoms. The minimum atomic E-state index is 0.657. The maximum absolute atomic E-state index is 5.11. The number of hydrogen-bond donors (Lipinski definition) is 0. The Bertz CT molecular complexity index is 4230. The Kier molecular flexibility index (Phi) is 9.00. The van der Waals surface area contributed by atoms with Gasteiger partial charge in [0.15, 0.2) is 17.5 Å². The van der Waals surface area contributed by atoms with Crippen LogP contribution in [0.2, 0.25) is 0 Å². The molecular weight excluding hydrogens is 859 g/mol. The van der Waals surface area contributed by atoms with Gasteiger partial charge in [-0.15, -0.1) is 11.3 Å². The lowest BCUT2D eigenvalue weighted by molar-refractivity contribution is 1.08. The normalized spacial score (nSPS) is 11.8. The van der Waals surface area contributed by atoms with E-state index in [2.05, 4.69) is 209 Å². The van der Waals surface area contributed by atoms with E-state index in [9.17, 15) is 0 Å². The van der Waals surface area contributed by atoms with Crippen molar-refractivity contribution in [2.45, 2.75) is 0 Å². The van der Waals surface area contributed by atoms with Crippen LogP contribution in [0.25, 0.3) is 132 Å². The summed E-state index contributed by atoms with van der Waals surface area (Å²) in [5, 5.41) is 7.33. The molecule has 0 fully saturated rings. The number of fused-ring (bicyclic) bond motifs is 9. The van der Waals surface area contributed by atoms with Crippen LogP contribution in [-0.4, -0.2) is 24.1 Å². The monoisotopic (exact) mass is 897 g/mol. The molecule has 0 unspecified atom stereocenters. The molecule has 69 heavy (non-hydrogen) atoms. The van der Waals surface area contributed by atoms with Gasteiger partial charge in [-0.3, -0.25) is 0 Å². The smallest absolute Gasteiger partial charge is 0.165 e. The van der Waals surface area contributed by atoms with Gasteiger partial charge in [-0.25, -0.2) is 15.0 Å². The summed E-state index contributed by atoms with van der Waals surface area (Å²) < 4.78 is 7.15. The van der Waals surface area contributed by atoms with Crippen molar-refractivity contribution in [1.29, 1.82) is 0 Å². The van der Waals surface area contributed by atoms with E-state index in [1.807, 2.05) is 36.4 Å². The molecule has 0 aliphatic carbocycles. The van der Waals surface area contributed by atoms with Gasteiger partial charge in [0.05, 0.1) is 22.1 Å². The highest BCUT2D eigenvalue weighted by atomic mass is 32.1. The highest BCUT2D eigenvalue weighted by Gasteiger charge is 2.20. The molecule has 0 bridgehead atoms. The second-order valence-electron chi connectivity index (χ2n) is 17.6. The zero-order valence-electron chi connectivity index (χ0n) is 37.2. The molecule has 0 radical (unpaired) electrons. The van der Waals surface area contributed by atoms with E-state index in [0.29, 0.717) is 17.5 Å². The lowest BCUT2D eigenvalue weighted by Gasteiger charge is -2.09. The third kappa shape index (κ3) is 6.49. The number of para-hydroxylation sites is 3. The number of rotatable bonds is 7. The molecule has 0 atom stereocenters. The van der Waals surface area contributed by atoms with Crippen molar-refractivity contribution in [3.05, 3.63) is 237 Å². The lowest BCUT2D eigenvalue weighted by atomic mass is 9.98. The molecule has 0 N–H and O–H groups in total. The first kappa shape index (κ1) is 39.2. The highest BCUT2D eigenvalue weighted by Crippen LogP contribution is 2.43. The van der Waals surface area contributed by atoms with Crippen LogP contribution < -0.4 is 0 Å². The molecule has 5 nitrogen and oxygen atoms in total. The first-order chi connectivity index (χ1) is 34.2. The zero-order chi connectivity index (χ0) is 45.4. The topological polar surface area (TPSA) is 48.5 Å². The molecule has 4 heterocycles. The molecule has 0 spiro atoms. The Hall–Kier alpha value is -8.97. The van der Waals surface area contributed by atoms with Crippen LogP contribution in [0.1, 0.15) is 0 Å². The van der Waals surface area contributed by atoms with E-state index in [1.54, 1.807) is 11.3 Å². The Morgan fingerprint density at radius 2 is 0.696 bits per heavy atom. The van der Waals surface area contributed by atoms with Crippen molar-refractivity contribution in [3.8, 4) is 67.8 Å². The summed E-state index contributed by atoms with van der Waals surface area (Å²) in [7, 11) is 0. The van der Waals surface area contributed by atoms with Gasteiger partial charge in [-0.2, -0.15) is 0 Å². The predicted molar refractivity (Wildman–Crippen MR) is 289 cm³/mol. The first-order valence-corrected chi connectivity index (χ1v) is 24.1. The molecule has 14 aromatic rings. The molecule has 0 aliphatic rings. The number of nitrogens with zero attached hydrogens (tertiary/aromatic N) is 5. The van der Waals surface area contributed by atoms with Crippen LogP contribution >= 0.6 is 11.3 Å². The van der Waals surface area contributed by atoms with Gasteiger partial charge in [0.1, 0.15) is 0 Å². The van der Waals surface area contributed by atoms with Gasteiger partial charge in [0.25, 0.3) is 0 Å². The van der Waals surface area contributed by atoms with E-state index in [0.717, 1.165) is 32.8 Å². The van der Waals surface area contributed by atoms with Gasteiger partial charge in [-0.1, -0.05) is 158 Å². The Morgan fingerprint density at radius 3 is 1.25 bits per heavy atom. The SMILES string of the molecule is c1ccc(-c2nc(-c3ccccc3)nc(-c3cccc4c3sc3cc(-c5ccc6c(c5)c5cc(-c7ccc8c(c7)c7ccccc7n8-c7ccccc7)ccc5n6-c5ccccc5)ccc34)n2)cc1. The van der Waals surface area contributed by atoms with E-state index < -0.39 is 0 Å². The Labute approximate surface area is 401 Å². The molecule has 4 aromatic heterocycles. The van der Waals surface area contributed by atoms with E-state index in [-0.39, 0.29) is 0 Å². The maximum atomic E-state index is 5.11. The number of thiophene rings is 1. The summed E-state index contributed by atoms with van der Waals surface area (Å²) in [4.78, 5) is 15.2. The van der Waals surface area contributed by atoms with Crippen LogP contribution in [0.5, 0.6) is 0 Å². The Balaban J connectivity index is 0.904. The van der Waals surface area contributed by atoms with Crippen LogP contribution in [-0.2, 0) is 0 Å². The fourth-order valence-corrected chi connectivity index (χ4v) is 11.6. The summed E-state index contributed by atoms with van der Waals surface area (Å²) >= 11 is 1.80. The first-order valence-electron chi connectivity index (χ1n) is 23.3. The second kappa shape index (κ2) is 15.8.